The highest BCUT2D eigenvalue weighted by Gasteiger charge is 2.20. The van der Waals surface area contributed by atoms with E-state index in [0.717, 1.165) is 0 Å². The van der Waals surface area contributed by atoms with Gasteiger partial charge in [0.05, 0.1) is 0 Å². The fourth-order valence-electron chi connectivity index (χ4n) is 1.89. The quantitative estimate of drug-likeness (QED) is 0.296. The smallest absolute Gasteiger partial charge is 0.252 e. The van der Waals surface area contributed by atoms with Crippen molar-refractivity contribution in [3.63, 3.8) is 0 Å². The van der Waals surface area contributed by atoms with Gasteiger partial charge in [0.2, 0.25) is 0 Å². The second-order valence-electron chi connectivity index (χ2n) is 4.39. The van der Waals surface area contributed by atoms with Crippen molar-refractivity contribution in [1.29, 1.82) is 0 Å². The number of amides is 1. The molecule has 108 valence electrons. The van der Waals surface area contributed by atoms with Crippen molar-refractivity contribution in [2.75, 3.05) is 0 Å². The molecule has 0 saturated heterocycles. The summed E-state index contributed by atoms with van der Waals surface area (Å²) in [6, 6.07) is 14.1. The molecule has 2 rings (SSSR count). The number of nitrogens with one attached hydrogen (secondary N) is 1. The van der Waals surface area contributed by atoms with Crippen LogP contribution in [0.3, 0.4) is 0 Å². The molecule has 21 heavy (non-hydrogen) atoms. The highest BCUT2D eigenvalue weighted by molar-refractivity contribution is 5.98. The SMILES string of the molecule is N/C(=N\O)C(NC(=O)c1cccc(O)c1)c1ccccc1. The summed E-state index contributed by atoms with van der Waals surface area (Å²) in [4.78, 5) is 12.2. The Labute approximate surface area is 121 Å². The summed E-state index contributed by atoms with van der Waals surface area (Å²) in [6.07, 6.45) is 0. The van der Waals surface area contributed by atoms with E-state index in [1.54, 1.807) is 36.4 Å². The van der Waals surface area contributed by atoms with Crippen LogP contribution in [0, 0.1) is 0 Å². The molecule has 0 aliphatic carbocycles. The Kier molecular flexibility index (Phi) is 4.40. The van der Waals surface area contributed by atoms with E-state index < -0.39 is 11.9 Å². The lowest BCUT2D eigenvalue weighted by atomic mass is 10.1. The zero-order valence-electron chi connectivity index (χ0n) is 11.1. The Morgan fingerprint density at radius 2 is 1.86 bits per heavy atom. The number of carbonyl (C=O) groups is 1. The number of rotatable bonds is 4. The van der Waals surface area contributed by atoms with Crippen molar-refractivity contribution in [3.05, 3.63) is 65.7 Å². The molecule has 2 aromatic carbocycles. The number of carbonyl (C=O) groups excluding carboxylic acids is 1. The van der Waals surface area contributed by atoms with Gasteiger partial charge in [0.1, 0.15) is 11.8 Å². The summed E-state index contributed by atoms with van der Waals surface area (Å²) in [5.41, 5.74) is 6.60. The van der Waals surface area contributed by atoms with E-state index in [1.807, 2.05) is 6.07 Å². The predicted octanol–water partition coefficient (Wildman–Crippen LogP) is 1.61. The van der Waals surface area contributed by atoms with Gasteiger partial charge in [-0.05, 0) is 23.8 Å². The van der Waals surface area contributed by atoms with Gasteiger partial charge in [0, 0.05) is 5.56 Å². The van der Waals surface area contributed by atoms with Crippen molar-refractivity contribution >= 4 is 11.7 Å². The first kappa shape index (κ1) is 14.4. The molecule has 5 N–H and O–H groups in total. The highest BCUT2D eigenvalue weighted by Crippen LogP contribution is 2.15. The number of hydrogen-bond acceptors (Lipinski definition) is 4. The molecule has 0 saturated carbocycles. The fraction of sp³-hybridized carbons (Fsp3) is 0.0667. The van der Waals surface area contributed by atoms with E-state index in [2.05, 4.69) is 10.5 Å². The number of phenols is 1. The molecule has 2 aromatic rings. The minimum absolute atomic E-state index is 0.0114. The van der Waals surface area contributed by atoms with Crippen LogP contribution in [0.25, 0.3) is 0 Å². The van der Waals surface area contributed by atoms with Gasteiger partial charge < -0.3 is 21.4 Å². The van der Waals surface area contributed by atoms with E-state index in [0.29, 0.717) is 5.56 Å². The van der Waals surface area contributed by atoms with E-state index in [-0.39, 0.29) is 17.1 Å². The van der Waals surface area contributed by atoms with E-state index in [4.69, 9.17) is 10.9 Å². The second kappa shape index (κ2) is 6.42. The first-order valence-electron chi connectivity index (χ1n) is 6.24. The summed E-state index contributed by atoms with van der Waals surface area (Å²) in [5, 5.41) is 23.9. The standard InChI is InChI=1S/C15H15N3O3/c16-14(18-21)13(10-5-2-1-3-6-10)17-15(20)11-7-4-8-12(19)9-11/h1-9,13,19,21H,(H2,16,18)(H,17,20). The summed E-state index contributed by atoms with van der Waals surface area (Å²) in [6.45, 7) is 0. The molecule has 1 atom stereocenters. The maximum absolute atomic E-state index is 12.2. The van der Waals surface area contributed by atoms with Gasteiger partial charge in [-0.25, -0.2) is 0 Å². The Balaban J connectivity index is 2.26. The topological polar surface area (TPSA) is 108 Å². The molecule has 0 bridgehead atoms. The summed E-state index contributed by atoms with van der Waals surface area (Å²) in [7, 11) is 0. The molecular weight excluding hydrogens is 270 g/mol. The van der Waals surface area contributed by atoms with Crippen LogP contribution in [0.5, 0.6) is 5.75 Å². The summed E-state index contributed by atoms with van der Waals surface area (Å²) < 4.78 is 0. The molecule has 0 aliphatic rings. The molecule has 1 amide bonds. The molecular formula is C15H15N3O3. The number of benzene rings is 2. The van der Waals surface area contributed by atoms with Crippen molar-refractivity contribution in [2.45, 2.75) is 6.04 Å². The van der Waals surface area contributed by atoms with Crippen LogP contribution in [0.15, 0.2) is 59.8 Å². The highest BCUT2D eigenvalue weighted by atomic mass is 16.4. The number of phenolic OH excluding ortho intramolecular Hbond substituents is 1. The molecule has 6 heteroatoms. The molecule has 0 heterocycles. The van der Waals surface area contributed by atoms with Crippen LogP contribution in [-0.2, 0) is 0 Å². The first-order chi connectivity index (χ1) is 10.1. The number of amidine groups is 1. The van der Waals surface area contributed by atoms with E-state index in [9.17, 15) is 9.90 Å². The normalized spacial score (nSPS) is 12.7. The Morgan fingerprint density at radius 1 is 1.14 bits per heavy atom. The maximum Gasteiger partial charge on any atom is 0.252 e. The zero-order valence-corrected chi connectivity index (χ0v) is 11.1. The second-order valence-corrected chi connectivity index (χ2v) is 4.39. The molecule has 0 radical (unpaired) electrons. The van der Waals surface area contributed by atoms with Gasteiger partial charge in [-0.15, -0.1) is 0 Å². The lowest BCUT2D eigenvalue weighted by molar-refractivity contribution is 0.0945. The number of nitrogens with two attached hydrogens (primary N) is 1. The Morgan fingerprint density at radius 3 is 2.48 bits per heavy atom. The lowest BCUT2D eigenvalue weighted by Crippen LogP contribution is -2.37. The van der Waals surface area contributed by atoms with Crippen LogP contribution in [-0.4, -0.2) is 22.1 Å². The van der Waals surface area contributed by atoms with E-state index >= 15 is 0 Å². The third-order valence-corrected chi connectivity index (χ3v) is 2.93. The minimum Gasteiger partial charge on any atom is -0.508 e. The van der Waals surface area contributed by atoms with Crippen LogP contribution >= 0.6 is 0 Å². The summed E-state index contributed by atoms with van der Waals surface area (Å²) in [5.74, 6) is -0.580. The largest absolute Gasteiger partial charge is 0.508 e. The summed E-state index contributed by atoms with van der Waals surface area (Å²) >= 11 is 0. The first-order valence-corrected chi connectivity index (χ1v) is 6.24. The van der Waals surface area contributed by atoms with Gasteiger partial charge in [-0.1, -0.05) is 41.6 Å². The van der Waals surface area contributed by atoms with Gasteiger partial charge in [0.25, 0.3) is 5.91 Å². The third kappa shape index (κ3) is 3.50. The van der Waals surface area contributed by atoms with Gasteiger partial charge in [-0.2, -0.15) is 0 Å². The number of aromatic hydroxyl groups is 1. The van der Waals surface area contributed by atoms with E-state index in [1.165, 1.54) is 12.1 Å². The van der Waals surface area contributed by atoms with Crippen LogP contribution in [0.4, 0.5) is 0 Å². The van der Waals surface area contributed by atoms with Crippen molar-refractivity contribution in [3.8, 4) is 5.75 Å². The van der Waals surface area contributed by atoms with Crippen LogP contribution < -0.4 is 11.1 Å². The van der Waals surface area contributed by atoms with Crippen molar-refractivity contribution in [1.82, 2.24) is 5.32 Å². The lowest BCUT2D eigenvalue weighted by Gasteiger charge is -2.17. The van der Waals surface area contributed by atoms with Crippen LogP contribution in [0.2, 0.25) is 0 Å². The predicted molar refractivity (Wildman–Crippen MR) is 78.2 cm³/mol. The Bertz CT molecular complexity index is 656. The molecule has 6 nitrogen and oxygen atoms in total. The number of nitrogens with zero attached hydrogens (tertiary/aromatic N) is 1. The van der Waals surface area contributed by atoms with Crippen molar-refractivity contribution in [2.24, 2.45) is 10.9 Å². The Hall–Kier alpha value is -3.02. The minimum atomic E-state index is -0.758. The molecule has 0 spiro atoms. The monoisotopic (exact) mass is 285 g/mol. The molecule has 0 fully saturated rings. The fourth-order valence-corrected chi connectivity index (χ4v) is 1.89. The molecule has 1 unspecified atom stereocenters. The molecule has 0 aliphatic heterocycles. The van der Waals surface area contributed by atoms with Gasteiger partial charge >= 0.3 is 0 Å². The third-order valence-electron chi connectivity index (χ3n) is 2.93. The number of hydrogen-bond donors (Lipinski definition) is 4. The zero-order chi connectivity index (χ0) is 15.2. The number of oxime groups is 1. The average Bonchev–Trinajstić information content (AvgIpc) is 2.52. The average molecular weight is 285 g/mol. The van der Waals surface area contributed by atoms with Gasteiger partial charge in [0.15, 0.2) is 5.84 Å². The maximum atomic E-state index is 12.2. The van der Waals surface area contributed by atoms with Crippen LogP contribution in [0.1, 0.15) is 22.0 Å². The van der Waals surface area contributed by atoms with Crippen molar-refractivity contribution < 1.29 is 15.1 Å². The molecule has 0 aromatic heterocycles. The van der Waals surface area contributed by atoms with Gasteiger partial charge in [-0.3, -0.25) is 4.79 Å².